The third kappa shape index (κ3) is 4.95. The number of amides is 1. The molecule has 0 aliphatic rings. The van der Waals surface area contributed by atoms with Gasteiger partial charge in [-0.15, -0.1) is 0 Å². The Morgan fingerprint density at radius 3 is 2.56 bits per heavy atom. The van der Waals surface area contributed by atoms with Crippen molar-refractivity contribution in [2.75, 3.05) is 5.73 Å². The molecule has 1 aromatic rings. The Morgan fingerprint density at radius 1 is 1.44 bits per heavy atom. The van der Waals surface area contributed by atoms with Crippen molar-refractivity contribution in [2.24, 2.45) is 0 Å². The summed E-state index contributed by atoms with van der Waals surface area (Å²) < 4.78 is 36.9. The van der Waals surface area contributed by atoms with E-state index >= 15 is 0 Å². The van der Waals surface area contributed by atoms with Gasteiger partial charge in [-0.3, -0.25) is 4.79 Å². The largest absolute Gasteiger partial charge is 0.399 e. The van der Waals surface area contributed by atoms with Crippen LogP contribution in [0.5, 0.6) is 0 Å². The summed E-state index contributed by atoms with van der Waals surface area (Å²) in [6.07, 6.45) is -5.37. The van der Waals surface area contributed by atoms with E-state index in [4.69, 9.17) is 5.73 Å². The number of hydrogen-bond donors (Lipinski definition) is 2. The molecule has 100 valence electrons. The molecule has 3 N–H and O–H groups in total. The van der Waals surface area contributed by atoms with E-state index in [0.29, 0.717) is 10.2 Å². The molecule has 1 rings (SSSR count). The molecular weight excluding hydrogens is 313 g/mol. The van der Waals surface area contributed by atoms with Crippen LogP contribution in [0.1, 0.15) is 23.7 Å². The summed E-state index contributed by atoms with van der Waals surface area (Å²) in [5, 5.41) is 2.27. The van der Waals surface area contributed by atoms with Gasteiger partial charge in [0, 0.05) is 21.8 Å². The third-order valence-electron chi connectivity index (χ3n) is 2.10. The fourth-order valence-corrected chi connectivity index (χ4v) is 1.96. The van der Waals surface area contributed by atoms with Crippen LogP contribution in [0.2, 0.25) is 0 Å². The summed E-state index contributed by atoms with van der Waals surface area (Å²) in [4.78, 5) is 11.7. The van der Waals surface area contributed by atoms with Crippen LogP contribution < -0.4 is 11.1 Å². The van der Waals surface area contributed by atoms with Crippen molar-refractivity contribution < 1.29 is 18.0 Å². The van der Waals surface area contributed by atoms with Gasteiger partial charge in [0.05, 0.1) is 6.42 Å². The average molecular weight is 325 g/mol. The average Bonchev–Trinajstić information content (AvgIpc) is 2.12. The van der Waals surface area contributed by atoms with E-state index in [2.05, 4.69) is 21.2 Å². The molecule has 0 saturated carbocycles. The Labute approximate surface area is 111 Å². The summed E-state index contributed by atoms with van der Waals surface area (Å²) in [5.74, 6) is -0.584. The van der Waals surface area contributed by atoms with Crippen LogP contribution in [-0.2, 0) is 0 Å². The molecule has 0 fully saturated rings. The van der Waals surface area contributed by atoms with Gasteiger partial charge in [0.2, 0.25) is 0 Å². The Kier molecular flexibility index (Phi) is 4.61. The van der Waals surface area contributed by atoms with Gasteiger partial charge in [-0.2, -0.15) is 13.2 Å². The number of carbonyl (C=O) groups excluding carboxylic acids is 1. The molecule has 0 aliphatic carbocycles. The van der Waals surface area contributed by atoms with Crippen LogP contribution in [-0.4, -0.2) is 18.1 Å². The number of alkyl halides is 3. The highest BCUT2D eigenvalue weighted by Gasteiger charge is 2.30. The first-order chi connectivity index (χ1) is 8.17. The number of nitrogens with two attached hydrogens (primary N) is 1. The van der Waals surface area contributed by atoms with Crippen LogP contribution in [0.25, 0.3) is 0 Å². The topological polar surface area (TPSA) is 55.1 Å². The maximum atomic E-state index is 12.1. The first kappa shape index (κ1) is 14.8. The summed E-state index contributed by atoms with van der Waals surface area (Å²) >= 11 is 3.16. The second kappa shape index (κ2) is 5.60. The van der Waals surface area contributed by atoms with Gasteiger partial charge < -0.3 is 11.1 Å². The number of anilines is 1. The molecule has 0 bridgehead atoms. The van der Waals surface area contributed by atoms with Gasteiger partial charge >= 0.3 is 6.18 Å². The Bertz CT molecular complexity index is 428. The van der Waals surface area contributed by atoms with E-state index in [-0.39, 0.29) is 5.56 Å². The van der Waals surface area contributed by atoms with Crippen molar-refractivity contribution in [1.29, 1.82) is 0 Å². The number of benzene rings is 1. The van der Waals surface area contributed by atoms with E-state index < -0.39 is 24.5 Å². The van der Waals surface area contributed by atoms with E-state index in [9.17, 15) is 18.0 Å². The predicted molar refractivity (Wildman–Crippen MR) is 66.2 cm³/mol. The minimum atomic E-state index is -4.30. The zero-order valence-corrected chi connectivity index (χ0v) is 11.1. The summed E-state index contributed by atoms with van der Waals surface area (Å²) in [7, 11) is 0. The molecule has 1 aromatic carbocycles. The Hall–Kier alpha value is -1.24. The summed E-state index contributed by atoms with van der Waals surface area (Å²) in [5.41, 5.74) is 6.12. The lowest BCUT2D eigenvalue weighted by Crippen LogP contribution is -2.35. The van der Waals surface area contributed by atoms with Crippen LogP contribution in [0, 0.1) is 0 Å². The first-order valence-electron chi connectivity index (χ1n) is 5.11. The van der Waals surface area contributed by atoms with Gasteiger partial charge in [0.25, 0.3) is 5.91 Å². The second-order valence-corrected chi connectivity index (χ2v) is 4.88. The molecule has 1 atom stereocenters. The molecule has 0 saturated heterocycles. The lowest BCUT2D eigenvalue weighted by Gasteiger charge is -2.16. The standard InChI is InChI=1S/C11H12BrF3N2O/c1-6(5-11(13,14)15)17-10(18)7-2-8(12)4-9(16)3-7/h2-4,6H,5,16H2,1H3,(H,17,18). The Balaban J connectivity index is 2.70. The molecule has 0 radical (unpaired) electrons. The fraction of sp³-hybridized carbons (Fsp3) is 0.364. The monoisotopic (exact) mass is 324 g/mol. The molecule has 1 amide bonds. The lowest BCUT2D eigenvalue weighted by molar-refractivity contribution is -0.138. The van der Waals surface area contributed by atoms with Crippen molar-refractivity contribution >= 4 is 27.5 Å². The molecule has 0 heterocycles. The van der Waals surface area contributed by atoms with Gasteiger partial charge in [-0.1, -0.05) is 15.9 Å². The number of halogens is 4. The zero-order chi connectivity index (χ0) is 13.9. The minimum absolute atomic E-state index is 0.218. The quantitative estimate of drug-likeness (QED) is 0.839. The van der Waals surface area contributed by atoms with Crippen molar-refractivity contribution in [3.05, 3.63) is 28.2 Å². The number of nitrogen functional groups attached to an aromatic ring is 1. The number of nitrogens with one attached hydrogen (secondary N) is 1. The molecule has 18 heavy (non-hydrogen) atoms. The van der Waals surface area contributed by atoms with Crippen molar-refractivity contribution in [2.45, 2.75) is 25.6 Å². The molecule has 1 unspecified atom stereocenters. The van der Waals surface area contributed by atoms with E-state index in [1.165, 1.54) is 19.1 Å². The highest BCUT2D eigenvalue weighted by molar-refractivity contribution is 9.10. The number of hydrogen-bond acceptors (Lipinski definition) is 2. The van der Waals surface area contributed by atoms with Crippen LogP contribution >= 0.6 is 15.9 Å². The van der Waals surface area contributed by atoms with Gasteiger partial charge in [0.15, 0.2) is 0 Å². The second-order valence-electron chi connectivity index (χ2n) is 3.97. The van der Waals surface area contributed by atoms with Crippen LogP contribution in [0.4, 0.5) is 18.9 Å². The normalized spacial score (nSPS) is 13.2. The highest BCUT2D eigenvalue weighted by Crippen LogP contribution is 2.22. The maximum absolute atomic E-state index is 12.1. The van der Waals surface area contributed by atoms with Crippen molar-refractivity contribution in [3.8, 4) is 0 Å². The highest BCUT2D eigenvalue weighted by atomic mass is 79.9. The van der Waals surface area contributed by atoms with E-state index in [1.54, 1.807) is 6.07 Å². The fourth-order valence-electron chi connectivity index (χ4n) is 1.45. The minimum Gasteiger partial charge on any atom is -0.399 e. The van der Waals surface area contributed by atoms with Gasteiger partial charge in [0.1, 0.15) is 0 Å². The molecule has 7 heteroatoms. The smallest absolute Gasteiger partial charge is 0.391 e. The molecule has 0 aromatic heterocycles. The molecule has 0 aliphatic heterocycles. The zero-order valence-electron chi connectivity index (χ0n) is 9.51. The first-order valence-corrected chi connectivity index (χ1v) is 5.90. The molecule has 3 nitrogen and oxygen atoms in total. The third-order valence-corrected chi connectivity index (χ3v) is 2.56. The summed E-state index contributed by atoms with van der Waals surface area (Å²) in [6, 6.07) is 3.50. The van der Waals surface area contributed by atoms with Crippen molar-refractivity contribution in [3.63, 3.8) is 0 Å². The van der Waals surface area contributed by atoms with Crippen LogP contribution in [0.15, 0.2) is 22.7 Å². The molecule has 0 spiro atoms. The number of rotatable bonds is 3. The van der Waals surface area contributed by atoms with Gasteiger partial charge in [-0.05, 0) is 25.1 Å². The lowest BCUT2D eigenvalue weighted by atomic mass is 10.1. The van der Waals surface area contributed by atoms with Crippen molar-refractivity contribution in [1.82, 2.24) is 5.32 Å². The van der Waals surface area contributed by atoms with Crippen LogP contribution in [0.3, 0.4) is 0 Å². The maximum Gasteiger partial charge on any atom is 0.391 e. The molecular formula is C11H12BrF3N2O. The SMILES string of the molecule is CC(CC(F)(F)F)NC(=O)c1cc(N)cc(Br)c1. The van der Waals surface area contributed by atoms with E-state index in [0.717, 1.165) is 0 Å². The van der Waals surface area contributed by atoms with E-state index in [1.807, 2.05) is 0 Å². The predicted octanol–water partition coefficient (Wildman–Crippen LogP) is 3.10. The van der Waals surface area contributed by atoms with Gasteiger partial charge in [-0.25, -0.2) is 0 Å². The summed E-state index contributed by atoms with van der Waals surface area (Å²) in [6.45, 7) is 1.30. The Morgan fingerprint density at radius 2 is 2.06 bits per heavy atom. The number of carbonyl (C=O) groups is 1.